The fourth-order valence-electron chi connectivity index (χ4n) is 5.59. The topological polar surface area (TPSA) is 119 Å². The summed E-state index contributed by atoms with van der Waals surface area (Å²) in [6.07, 6.45) is 2.51. The molecule has 0 spiro atoms. The fraction of sp³-hybridized carbons (Fsp3) is 0.300. The van der Waals surface area contributed by atoms with E-state index >= 15 is 4.39 Å². The van der Waals surface area contributed by atoms with E-state index in [1.807, 2.05) is 29.0 Å². The molecular formula is C30H29F3N6O4S. The SMILES string of the molecule is O=CCN1CCN(c2ccc(-c3cnc4[nH]cc(C(=O)c5c(F)ccc(NS(=O)(=O)N6CC[C@@H](F)C6)c5F)c4c3)cc2)CC1. The summed E-state index contributed by atoms with van der Waals surface area (Å²) >= 11 is 0. The van der Waals surface area contributed by atoms with Gasteiger partial charge in [0.2, 0.25) is 5.78 Å². The second kappa shape index (κ2) is 12.0. The van der Waals surface area contributed by atoms with Crippen molar-refractivity contribution >= 4 is 44.7 Å². The van der Waals surface area contributed by atoms with Crippen molar-refractivity contribution in [3.8, 4) is 11.1 Å². The molecule has 0 saturated carbocycles. The standard InChI is InChI=1S/C30H29F3N6O4S/c31-21-7-8-39(18-21)44(42,43)36-26-6-5-25(32)27(28(26)33)29(41)24-17-35-30-23(24)15-20(16-34-30)19-1-3-22(4-2-19)38-11-9-37(10-12-38)13-14-40/h1-6,14-17,21,36H,7-13,18H2,(H,34,35)/t21-/m1/s1. The van der Waals surface area contributed by atoms with Crippen molar-refractivity contribution < 1.29 is 31.2 Å². The van der Waals surface area contributed by atoms with E-state index in [-0.39, 0.29) is 25.1 Å². The minimum Gasteiger partial charge on any atom is -0.369 e. The Balaban J connectivity index is 1.25. The van der Waals surface area contributed by atoms with Gasteiger partial charge in [0.25, 0.3) is 0 Å². The van der Waals surface area contributed by atoms with Gasteiger partial charge in [-0.25, -0.2) is 18.2 Å². The molecule has 14 heteroatoms. The number of carbonyl (C=O) groups excluding carboxylic acids is 2. The van der Waals surface area contributed by atoms with E-state index in [1.165, 1.54) is 6.20 Å². The average Bonchev–Trinajstić information content (AvgIpc) is 3.66. The van der Waals surface area contributed by atoms with Crippen LogP contribution in [0, 0.1) is 11.6 Å². The molecule has 2 aliphatic heterocycles. The lowest BCUT2D eigenvalue weighted by Gasteiger charge is -2.35. The second-order valence-corrected chi connectivity index (χ2v) is 12.5. The summed E-state index contributed by atoms with van der Waals surface area (Å²) in [4.78, 5) is 35.9. The Labute approximate surface area is 251 Å². The Hall–Kier alpha value is -4.27. The maximum atomic E-state index is 15.5. The van der Waals surface area contributed by atoms with E-state index < -0.39 is 45.0 Å². The number of anilines is 2. The molecule has 44 heavy (non-hydrogen) atoms. The second-order valence-electron chi connectivity index (χ2n) is 10.8. The van der Waals surface area contributed by atoms with Crippen molar-refractivity contribution in [1.82, 2.24) is 19.2 Å². The summed E-state index contributed by atoms with van der Waals surface area (Å²) in [6.45, 7) is 3.13. The normalized spacial score (nSPS) is 18.2. The highest BCUT2D eigenvalue weighted by atomic mass is 32.2. The number of ketones is 1. The summed E-state index contributed by atoms with van der Waals surface area (Å²) < 4.78 is 72.2. The van der Waals surface area contributed by atoms with E-state index in [9.17, 15) is 26.8 Å². The molecule has 0 radical (unpaired) electrons. The van der Waals surface area contributed by atoms with Gasteiger partial charge in [-0.1, -0.05) is 12.1 Å². The number of aromatic amines is 1. The third kappa shape index (κ3) is 5.79. The molecule has 230 valence electrons. The fourth-order valence-corrected chi connectivity index (χ4v) is 6.86. The van der Waals surface area contributed by atoms with Crippen LogP contribution in [-0.4, -0.2) is 91.6 Å². The van der Waals surface area contributed by atoms with E-state index in [0.717, 1.165) is 60.2 Å². The lowest BCUT2D eigenvalue weighted by Crippen LogP contribution is -2.46. The smallest absolute Gasteiger partial charge is 0.301 e. The summed E-state index contributed by atoms with van der Waals surface area (Å²) in [7, 11) is -4.33. The highest BCUT2D eigenvalue weighted by Crippen LogP contribution is 2.31. The Kier molecular flexibility index (Phi) is 8.14. The number of nitrogens with one attached hydrogen (secondary N) is 2. The maximum Gasteiger partial charge on any atom is 0.301 e. The number of H-pyrrole nitrogens is 1. The number of piperazine rings is 1. The number of pyridine rings is 1. The third-order valence-corrected chi connectivity index (χ3v) is 9.53. The molecule has 0 unspecified atom stereocenters. The molecule has 4 heterocycles. The minimum atomic E-state index is -4.33. The van der Waals surface area contributed by atoms with Gasteiger partial charge in [0.15, 0.2) is 5.82 Å². The molecule has 2 aliphatic rings. The molecule has 2 fully saturated rings. The molecule has 10 nitrogen and oxygen atoms in total. The average molecular weight is 627 g/mol. The van der Waals surface area contributed by atoms with Gasteiger partial charge in [-0.2, -0.15) is 12.7 Å². The van der Waals surface area contributed by atoms with Gasteiger partial charge in [0.05, 0.1) is 17.8 Å². The van der Waals surface area contributed by atoms with Gasteiger partial charge < -0.3 is 14.7 Å². The summed E-state index contributed by atoms with van der Waals surface area (Å²) in [5.74, 6) is -3.54. The molecule has 2 aromatic carbocycles. The van der Waals surface area contributed by atoms with Crippen LogP contribution in [0.4, 0.5) is 24.5 Å². The molecule has 2 N–H and O–H groups in total. The highest BCUT2D eigenvalue weighted by molar-refractivity contribution is 7.90. The van der Waals surface area contributed by atoms with E-state index in [2.05, 4.69) is 19.8 Å². The number of benzene rings is 2. The molecule has 0 amide bonds. The number of hydrogen-bond acceptors (Lipinski definition) is 7. The summed E-state index contributed by atoms with van der Waals surface area (Å²) in [6, 6.07) is 11.2. The zero-order chi connectivity index (χ0) is 31.0. The molecule has 2 saturated heterocycles. The number of fused-ring (bicyclic) bond motifs is 1. The lowest BCUT2D eigenvalue weighted by molar-refractivity contribution is -0.108. The Bertz CT molecular complexity index is 1820. The van der Waals surface area contributed by atoms with E-state index in [1.54, 1.807) is 12.3 Å². The van der Waals surface area contributed by atoms with Crippen LogP contribution in [0.2, 0.25) is 0 Å². The van der Waals surface area contributed by atoms with Gasteiger partial charge >= 0.3 is 10.2 Å². The first-order chi connectivity index (χ1) is 21.1. The van der Waals surface area contributed by atoms with Gasteiger partial charge in [0.1, 0.15) is 23.9 Å². The van der Waals surface area contributed by atoms with Crippen molar-refractivity contribution in [2.45, 2.75) is 12.6 Å². The number of alkyl halides is 1. The van der Waals surface area contributed by atoms with Crippen LogP contribution in [0.3, 0.4) is 0 Å². The Morgan fingerprint density at radius 2 is 1.80 bits per heavy atom. The van der Waals surface area contributed by atoms with Gasteiger partial charge in [-0.05, 0) is 42.3 Å². The lowest BCUT2D eigenvalue weighted by atomic mass is 9.99. The first kappa shape index (κ1) is 29.8. The summed E-state index contributed by atoms with van der Waals surface area (Å²) in [5, 5.41) is 0.332. The molecule has 0 bridgehead atoms. The van der Waals surface area contributed by atoms with E-state index in [4.69, 9.17) is 0 Å². The van der Waals surface area contributed by atoms with Crippen molar-refractivity contribution in [3.63, 3.8) is 0 Å². The van der Waals surface area contributed by atoms with Crippen molar-refractivity contribution in [2.24, 2.45) is 0 Å². The van der Waals surface area contributed by atoms with Crippen LogP contribution in [0.25, 0.3) is 22.2 Å². The number of halogens is 3. The molecule has 0 aliphatic carbocycles. The monoisotopic (exact) mass is 626 g/mol. The zero-order valence-corrected chi connectivity index (χ0v) is 24.3. The number of aromatic nitrogens is 2. The van der Waals surface area contributed by atoms with Crippen LogP contribution in [0.1, 0.15) is 22.3 Å². The Morgan fingerprint density at radius 3 is 2.48 bits per heavy atom. The minimum absolute atomic E-state index is 0.0119. The number of aldehydes is 1. The third-order valence-electron chi connectivity index (χ3n) is 8.04. The molecule has 4 aromatic rings. The maximum absolute atomic E-state index is 15.5. The molecular weight excluding hydrogens is 597 g/mol. The molecule has 2 aromatic heterocycles. The largest absolute Gasteiger partial charge is 0.369 e. The summed E-state index contributed by atoms with van der Waals surface area (Å²) in [5.41, 5.74) is 1.24. The first-order valence-corrected chi connectivity index (χ1v) is 15.5. The Morgan fingerprint density at radius 1 is 1.05 bits per heavy atom. The highest BCUT2D eigenvalue weighted by Gasteiger charge is 2.33. The van der Waals surface area contributed by atoms with Crippen LogP contribution in [0.5, 0.6) is 0 Å². The van der Waals surface area contributed by atoms with Crippen LogP contribution < -0.4 is 9.62 Å². The van der Waals surface area contributed by atoms with Gasteiger partial charge in [0, 0.05) is 73.9 Å². The molecule has 6 rings (SSSR count). The number of carbonyl (C=O) groups is 2. The number of nitrogens with zero attached hydrogens (tertiary/aromatic N) is 4. The predicted octanol–water partition coefficient (Wildman–Crippen LogP) is 3.76. The van der Waals surface area contributed by atoms with Crippen molar-refractivity contribution in [3.05, 3.63) is 77.6 Å². The predicted molar refractivity (Wildman–Crippen MR) is 160 cm³/mol. The zero-order valence-electron chi connectivity index (χ0n) is 23.5. The quantitative estimate of drug-likeness (QED) is 0.215. The van der Waals surface area contributed by atoms with Crippen molar-refractivity contribution in [2.75, 3.05) is 55.4 Å². The van der Waals surface area contributed by atoms with E-state index in [0.29, 0.717) is 23.1 Å². The van der Waals surface area contributed by atoms with Crippen LogP contribution >= 0.6 is 0 Å². The van der Waals surface area contributed by atoms with Crippen molar-refractivity contribution in [1.29, 1.82) is 0 Å². The van der Waals surface area contributed by atoms with Gasteiger partial charge in [-0.3, -0.25) is 14.4 Å². The van der Waals surface area contributed by atoms with Gasteiger partial charge in [-0.15, -0.1) is 0 Å². The van der Waals surface area contributed by atoms with Crippen LogP contribution in [-0.2, 0) is 15.0 Å². The molecule has 1 atom stereocenters. The number of hydrogen-bond donors (Lipinski definition) is 2. The number of rotatable bonds is 9. The first-order valence-electron chi connectivity index (χ1n) is 14.1. The van der Waals surface area contributed by atoms with Crippen LogP contribution in [0.15, 0.2) is 54.9 Å².